The van der Waals surface area contributed by atoms with E-state index in [-0.39, 0.29) is 22.7 Å². The zero-order valence-corrected chi connectivity index (χ0v) is 16.7. The summed E-state index contributed by atoms with van der Waals surface area (Å²) in [5.41, 5.74) is 1.11. The van der Waals surface area contributed by atoms with Crippen LogP contribution in [-0.4, -0.2) is 37.6 Å². The molecular weight excluding hydrogens is 362 g/mol. The van der Waals surface area contributed by atoms with Gasteiger partial charge < -0.3 is 19.7 Å². The number of hydrogen-bond acceptors (Lipinski definition) is 6. The highest BCUT2D eigenvalue weighted by molar-refractivity contribution is 6.07. The monoisotopic (exact) mass is 387 g/mol. The largest absolute Gasteiger partial charge is 0.493 e. The SMILES string of the molecule is CCN(c1ccc(NC(=O)c2cc(OC)c(OC)cc2[N+](=O)[O-])cc1)C(C)C. The summed E-state index contributed by atoms with van der Waals surface area (Å²) in [6, 6.07) is 10.2. The first-order chi connectivity index (χ1) is 13.3. The first kappa shape index (κ1) is 21.0. The lowest BCUT2D eigenvalue weighted by molar-refractivity contribution is -0.385. The van der Waals surface area contributed by atoms with Crippen molar-refractivity contribution in [1.82, 2.24) is 0 Å². The molecule has 0 heterocycles. The lowest BCUT2D eigenvalue weighted by Crippen LogP contribution is -2.30. The van der Waals surface area contributed by atoms with E-state index in [9.17, 15) is 14.9 Å². The molecule has 0 unspecified atom stereocenters. The van der Waals surface area contributed by atoms with Crippen LogP contribution in [0.5, 0.6) is 11.5 Å². The Kier molecular flexibility index (Phi) is 6.81. The van der Waals surface area contributed by atoms with E-state index < -0.39 is 10.8 Å². The third-order valence-electron chi connectivity index (χ3n) is 4.36. The molecule has 1 N–H and O–H groups in total. The van der Waals surface area contributed by atoms with Crippen LogP contribution in [-0.2, 0) is 0 Å². The molecule has 2 rings (SSSR count). The lowest BCUT2D eigenvalue weighted by atomic mass is 10.1. The summed E-state index contributed by atoms with van der Waals surface area (Å²) in [5, 5.41) is 14.1. The number of anilines is 2. The molecule has 0 fully saturated rings. The van der Waals surface area contributed by atoms with Crippen molar-refractivity contribution >= 4 is 23.0 Å². The predicted molar refractivity (Wildman–Crippen MR) is 109 cm³/mol. The zero-order valence-electron chi connectivity index (χ0n) is 16.7. The Balaban J connectivity index is 2.31. The van der Waals surface area contributed by atoms with Crippen LogP contribution < -0.4 is 19.7 Å². The molecule has 1 amide bonds. The van der Waals surface area contributed by atoms with E-state index >= 15 is 0 Å². The molecule has 150 valence electrons. The molecule has 8 heteroatoms. The molecule has 2 aromatic carbocycles. The number of nitro groups is 1. The summed E-state index contributed by atoms with van der Waals surface area (Å²) >= 11 is 0. The minimum Gasteiger partial charge on any atom is -0.493 e. The van der Waals surface area contributed by atoms with E-state index in [1.807, 2.05) is 12.1 Å². The molecule has 0 atom stereocenters. The van der Waals surface area contributed by atoms with Gasteiger partial charge in [-0.25, -0.2) is 0 Å². The first-order valence-electron chi connectivity index (χ1n) is 8.90. The number of hydrogen-bond donors (Lipinski definition) is 1. The smallest absolute Gasteiger partial charge is 0.286 e. The Morgan fingerprint density at radius 2 is 1.71 bits per heavy atom. The number of nitrogens with one attached hydrogen (secondary N) is 1. The van der Waals surface area contributed by atoms with Gasteiger partial charge in [0.25, 0.3) is 11.6 Å². The van der Waals surface area contributed by atoms with Gasteiger partial charge in [0.1, 0.15) is 5.56 Å². The summed E-state index contributed by atoms with van der Waals surface area (Å²) in [7, 11) is 2.78. The number of benzene rings is 2. The van der Waals surface area contributed by atoms with Crippen LogP contribution in [0, 0.1) is 10.1 Å². The van der Waals surface area contributed by atoms with Crippen LogP contribution in [0.3, 0.4) is 0 Å². The number of ether oxygens (including phenoxy) is 2. The average molecular weight is 387 g/mol. The standard InChI is InChI=1S/C20H25N3O5/c1-6-22(13(2)3)15-9-7-14(8-10-15)21-20(24)16-11-18(27-4)19(28-5)12-17(16)23(25)26/h7-13H,6H2,1-5H3,(H,21,24). The van der Waals surface area contributed by atoms with E-state index in [0.29, 0.717) is 11.7 Å². The van der Waals surface area contributed by atoms with Crippen LogP contribution >= 0.6 is 0 Å². The molecule has 0 saturated carbocycles. The van der Waals surface area contributed by atoms with Crippen molar-refractivity contribution in [3.05, 3.63) is 52.1 Å². The summed E-state index contributed by atoms with van der Waals surface area (Å²) in [5.74, 6) is -0.177. The maximum Gasteiger partial charge on any atom is 0.286 e. The summed E-state index contributed by atoms with van der Waals surface area (Å²) < 4.78 is 10.2. The summed E-state index contributed by atoms with van der Waals surface area (Å²) in [6.45, 7) is 7.15. The van der Waals surface area contributed by atoms with E-state index in [1.54, 1.807) is 12.1 Å². The Bertz CT molecular complexity index is 850. The number of carbonyl (C=O) groups excluding carboxylic acids is 1. The van der Waals surface area contributed by atoms with Crippen LogP contribution in [0.1, 0.15) is 31.1 Å². The normalized spacial score (nSPS) is 10.5. The molecule has 0 aromatic heterocycles. The van der Waals surface area contributed by atoms with Crippen molar-refractivity contribution in [2.45, 2.75) is 26.8 Å². The predicted octanol–water partition coefficient (Wildman–Crippen LogP) is 4.10. The van der Waals surface area contributed by atoms with E-state index in [1.165, 1.54) is 26.4 Å². The lowest BCUT2D eigenvalue weighted by Gasteiger charge is -2.27. The topological polar surface area (TPSA) is 93.9 Å². The molecule has 0 aliphatic heterocycles. The van der Waals surface area contributed by atoms with Crippen molar-refractivity contribution in [3.63, 3.8) is 0 Å². The molecule has 0 radical (unpaired) electrons. The van der Waals surface area contributed by atoms with Crippen molar-refractivity contribution in [2.24, 2.45) is 0 Å². The Morgan fingerprint density at radius 3 is 2.18 bits per heavy atom. The van der Waals surface area contributed by atoms with Crippen molar-refractivity contribution in [3.8, 4) is 11.5 Å². The molecule has 0 bridgehead atoms. The highest BCUT2D eigenvalue weighted by Gasteiger charge is 2.24. The second-order valence-electron chi connectivity index (χ2n) is 6.36. The molecule has 8 nitrogen and oxygen atoms in total. The number of nitro benzene ring substituents is 1. The molecule has 28 heavy (non-hydrogen) atoms. The Labute approximate surface area is 164 Å². The number of amides is 1. The van der Waals surface area contributed by atoms with E-state index in [0.717, 1.165) is 12.2 Å². The van der Waals surface area contributed by atoms with Crippen LogP contribution in [0.2, 0.25) is 0 Å². The first-order valence-corrected chi connectivity index (χ1v) is 8.90. The third kappa shape index (κ3) is 4.51. The van der Waals surface area contributed by atoms with Gasteiger partial charge in [0.05, 0.1) is 25.2 Å². The fraction of sp³-hybridized carbons (Fsp3) is 0.350. The highest BCUT2D eigenvalue weighted by atomic mass is 16.6. The van der Waals surface area contributed by atoms with Crippen LogP contribution in [0.4, 0.5) is 17.1 Å². The number of methoxy groups -OCH3 is 2. The molecule has 0 aliphatic rings. The maximum atomic E-state index is 12.7. The van der Waals surface area contributed by atoms with Gasteiger partial charge in [-0.15, -0.1) is 0 Å². The van der Waals surface area contributed by atoms with Crippen molar-refractivity contribution in [2.75, 3.05) is 31.0 Å². The fourth-order valence-electron chi connectivity index (χ4n) is 2.98. The van der Waals surface area contributed by atoms with Gasteiger partial charge in [0.2, 0.25) is 0 Å². The average Bonchev–Trinajstić information content (AvgIpc) is 2.68. The Morgan fingerprint density at radius 1 is 1.14 bits per heavy atom. The minimum absolute atomic E-state index is 0.107. The quantitative estimate of drug-likeness (QED) is 0.541. The minimum atomic E-state index is -0.623. The van der Waals surface area contributed by atoms with Gasteiger partial charge in [-0.1, -0.05) is 0 Å². The molecule has 0 aliphatic carbocycles. The van der Waals surface area contributed by atoms with E-state index in [2.05, 4.69) is 31.0 Å². The number of nitrogens with zero attached hydrogens (tertiary/aromatic N) is 2. The van der Waals surface area contributed by atoms with Crippen molar-refractivity contribution < 1.29 is 19.2 Å². The molecule has 0 spiro atoms. The van der Waals surface area contributed by atoms with Crippen LogP contribution in [0.15, 0.2) is 36.4 Å². The third-order valence-corrected chi connectivity index (χ3v) is 4.36. The van der Waals surface area contributed by atoms with Gasteiger partial charge in [-0.3, -0.25) is 14.9 Å². The van der Waals surface area contributed by atoms with E-state index in [4.69, 9.17) is 9.47 Å². The van der Waals surface area contributed by atoms with Gasteiger partial charge in [0, 0.05) is 30.0 Å². The maximum absolute atomic E-state index is 12.7. The van der Waals surface area contributed by atoms with Crippen LogP contribution in [0.25, 0.3) is 0 Å². The fourth-order valence-corrected chi connectivity index (χ4v) is 2.98. The zero-order chi connectivity index (χ0) is 20.8. The second-order valence-corrected chi connectivity index (χ2v) is 6.36. The van der Waals surface area contributed by atoms with Crippen molar-refractivity contribution in [1.29, 1.82) is 0 Å². The molecular formula is C20H25N3O5. The Hall–Kier alpha value is -3.29. The molecule has 0 saturated heterocycles. The molecule has 2 aromatic rings. The highest BCUT2D eigenvalue weighted by Crippen LogP contribution is 2.35. The summed E-state index contributed by atoms with van der Waals surface area (Å²) in [4.78, 5) is 25.6. The summed E-state index contributed by atoms with van der Waals surface area (Å²) in [6.07, 6.45) is 0. The number of carbonyl (C=O) groups is 1. The van der Waals surface area contributed by atoms with Gasteiger partial charge in [0.15, 0.2) is 11.5 Å². The number of rotatable bonds is 8. The van der Waals surface area contributed by atoms with Gasteiger partial charge in [-0.2, -0.15) is 0 Å². The second kappa shape index (κ2) is 9.07. The van der Waals surface area contributed by atoms with Gasteiger partial charge in [-0.05, 0) is 45.0 Å². The van der Waals surface area contributed by atoms with Gasteiger partial charge >= 0.3 is 0 Å².